The molecule has 2 amide bonds. The fourth-order valence-corrected chi connectivity index (χ4v) is 3.83. The molecule has 2 aromatic heterocycles. The van der Waals surface area contributed by atoms with Crippen LogP contribution in [0.15, 0.2) is 49.9 Å². The highest BCUT2D eigenvalue weighted by Crippen LogP contribution is 2.31. The monoisotopic (exact) mass is 549 g/mol. The standard InChI is InChI=1S/C17H13N3O5S3.C2HF3O2/c21-13(22)5-6-18-15(23)9-1-3-12(19-8-9)28-14-4-2-10(25-14)7-11-16(24)20-17(26)27-11;3-2(4,5)1(6)7/h1-4,7-8H,5-6H2,(H,18,23)(H,21,22)(H,20,24,26);(H,6,7)/b11-7-;. The van der Waals surface area contributed by atoms with Crippen LogP contribution in [0.5, 0.6) is 0 Å². The lowest BCUT2D eigenvalue weighted by molar-refractivity contribution is -0.192. The van der Waals surface area contributed by atoms with Crippen LogP contribution in [-0.2, 0) is 14.4 Å². The van der Waals surface area contributed by atoms with E-state index in [1.165, 1.54) is 29.7 Å². The molecule has 1 aliphatic heterocycles. The van der Waals surface area contributed by atoms with Crippen LogP contribution >= 0.6 is 35.7 Å². The van der Waals surface area contributed by atoms with Gasteiger partial charge < -0.3 is 25.3 Å². The van der Waals surface area contributed by atoms with Gasteiger partial charge in [-0.15, -0.1) is 0 Å². The van der Waals surface area contributed by atoms with Gasteiger partial charge in [0.2, 0.25) is 0 Å². The summed E-state index contributed by atoms with van der Waals surface area (Å²) in [6.45, 7) is 0.0520. The third-order valence-electron chi connectivity index (χ3n) is 3.59. The molecular weight excluding hydrogens is 535 g/mol. The summed E-state index contributed by atoms with van der Waals surface area (Å²) < 4.78 is 37.8. The molecule has 0 saturated carbocycles. The molecule has 0 radical (unpaired) electrons. The molecule has 3 heterocycles. The van der Waals surface area contributed by atoms with Crippen molar-refractivity contribution < 1.29 is 47.0 Å². The quantitative estimate of drug-likeness (QED) is 0.297. The number of halogens is 3. The molecule has 10 nitrogen and oxygen atoms in total. The highest BCUT2D eigenvalue weighted by atomic mass is 32.2. The van der Waals surface area contributed by atoms with Crippen molar-refractivity contribution in [1.82, 2.24) is 15.6 Å². The maximum atomic E-state index is 11.9. The van der Waals surface area contributed by atoms with Crippen molar-refractivity contribution in [2.75, 3.05) is 6.54 Å². The lowest BCUT2D eigenvalue weighted by atomic mass is 10.2. The lowest BCUT2D eigenvalue weighted by Crippen LogP contribution is -2.26. The van der Waals surface area contributed by atoms with E-state index in [9.17, 15) is 27.6 Å². The summed E-state index contributed by atoms with van der Waals surface area (Å²) in [7, 11) is 0. The second-order valence-corrected chi connectivity index (χ2v) is 8.94. The number of aliphatic carboxylic acids is 2. The van der Waals surface area contributed by atoms with Gasteiger partial charge in [-0.05, 0) is 36.0 Å². The van der Waals surface area contributed by atoms with Crippen LogP contribution in [0.4, 0.5) is 13.2 Å². The molecule has 4 N–H and O–H groups in total. The number of carbonyl (C=O) groups excluding carboxylic acids is 2. The van der Waals surface area contributed by atoms with Crippen LogP contribution in [0.1, 0.15) is 22.5 Å². The molecule has 0 bridgehead atoms. The molecule has 1 aliphatic rings. The van der Waals surface area contributed by atoms with Gasteiger partial charge in [0.05, 0.1) is 16.9 Å². The molecule has 0 aliphatic carbocycles. The number of carboxylic acids is 2. The van der Waals surface area contributed by atoms with Gasteiger partial charge >= 0.3 is 18.1 Å². The SMILES string of the molecule is O=C(O)C(F)(F)F.O=C(O)CCNC(=O)c1ccc(Sc2ccc(/C=C3\SC(=S)NC3=O)o2)nc1. The Morgan fingerprint density at radius 1 is 1.23 bits per heavy atom. The van der Waals surface area contributed by atoms with Gasteiger partial charge in [-0.25, -0.2) is 9.78 Å². The minimum absolute atomic E-state index is 0.0520. The summed E-state index contributed by atoms with van der Waals surface area (Å²) in [6, 6.07) is 6.74. The first-order valence-electron chi connectivity index (χ1n) is 9.14. The van der Waals surface area contributed by atoms with E-state index in [1.807, 2.05) is 0 Å². The number of aromatic nitrogens is 1. The Morgan fingerprint density at radius 3 is 2.43 bits per heavy atom. The number of alkyl halides is 3. The molecule has 3 rings (SSSR count). The minimum Gasteiger partial charge on any atom is -0.481 e. The maximum Gasteiger partial charge on any atom is 0.490 e. The van der Waals surface area contributed by atoms with Gasteiger partial charge in [-0.1, -0.05) is 24.0 Å². The first-order valence-corrected chi connectivity index (χ1v) is 11.2. The van der Waals surface area contributed by atoms with Gasteiger partial charge in [0, 0.05) is 18.8 Å². The third kappa shape index (κ3) is 9.42. The highest BCUT2D eigenvalue weighted by molar-refractivity contribution is 8.26. The van der Waals surface area contributed by atoms with Crippen LogP contribution in [0.2, 0.25) is 0 Å². The van der Waals surface area contributed by atoms with Crippen molar-refractivity contribution in [3.8, 4) is 0 Å². The number of carboxylic acid groups (broad SMARTS) is 2. The maximum absolute atomic E-state index is 11.9. The molecule has 0 spiro atoms. The van der Waals surface area contributed by atoms with Crippen LogP contribution < -0.4 is 10.6 Å². The normalized spacial score (nSPS) is 14.2. The zero-order chi connectivity index (χ0) is 26.2. The fraction of sp³-hybridized carbons (Fsp3) is 0.158. The van der Waals surface area contributed by atoms with Crippen molar-refractivity contribution in [2.45, 2.75) is 22.7 Å². The number of thiocarbonyl (C=S) groups is 1. The molecule has 1 fully saturated rings. The highest BCUT2D eigenvalue weighted by Gasteiger charge is 2.38. The summed E-state index contributed by atoms with van der Waals surface area (Å²) in [5.41, 5.74) is 0.333. The summed E-state index contributed by atoms with van der Waals surface area (Å²) in [5, 5.41) is 21.9. The lowest BCUT2D eigenvalue weighted by Gasteiger charge is -2.04. The first kappa shape index (κ1) is 27.9. The van der Waals surface area contributed by atoms with Crippen molar-refractivity contribution in [3.05, 3.63) is 46.7 Å². The summed E-state index contributed by atoms with van der Waals surface area (Å²) >= 11 is 7.37. The molecular formula is C19H14F3N3O7S3. The summed E-state index contributed by atoms with van der Waals surface area (Å²) in [6.07, 6.45) is -2.21. The number of hydrogen-bond donors (Lipinski definition) is 4. The average molecular weight is 550 g/mol. The molecule has 0 unspecified atom stereocenters. The molecule has 35 heavy (non-hydrogen) atoms. The van der Waals surface area contributed by atoms with E-state index in [2.05, 4.69) is 15.6 Å². The smallest absolute Gasteiger partial charge is 0.481 e. The number of amides is 2. The molecule has 2 aromatic rings. The second kappa shape index (κ2) is 12.4. The number of rotatable bonds is 7. The number of hydrogen-bond acceptors (Lipinski definition) is 9. The van der Waals surface area contributed by atoms with Gasteiger partial charge in [0.25, 0.3) is 11.8 Å². The van der Waals surface area contributed by atoms with Crippen LogP contribution in [0.25, 0.3) is 6.08 Å². The van der Waals surface area contributed by atoms with E-state index < -0.39 is 18.1 Å². The van der Waals surface area contributed by atoms with E-state index in [0.717, 1.165) is 0 Å². The number of thioether (sulfide) groups is 1. The van der Waals surface area contributed by atoms with Crippen LogP contribution in [0, 0.1) is 0 Å². The van der Waals surface area contributed by atoms with E-state index >= 15 is 0 Å². The Bertz CT molecular complexity index is 1160. The van der Waals surface area contributed by atoms with Gasteiger partial charge in [0.15, 0.2) is 5.09 Å². The number of furan rings is 1. The molecule has 16 heteroatoms. The molecule has 1 saturated heterocycles. The van der Waals surface area contributed by atoms with Crippen molar-refractivity contribution in [1.29, 1.82) is 0 Å². The van der Waals surface area contributed by atoms with Crippen molar-refractivity contribution in [3.63, 3.8) is 0 Å². The van der Waals surface area contributed by atoms with Crippen LogP contribution in [0.3, 0.4) is 0 Å². The molecule has 0 atom stereocenters. The van der Waals surface area contributed by atoms with Crippen LogP contribution in [-0.4, -0.2) is 56.0 Å². The Morgan fingerprint density at radius 2 is 1.91 bits per heavy atom. The Labute approximate surface area is 208 Å². The predicted octanol–water partition coefficient (Wildman–Crippen LogP) is 3.15. The van der Waals surface area contributed by atoms with E-state index in [0.29, 0.717) is 30.7 Å². The third-order valence-corrected chi connectivity index (χ3v) is 5.62. The van der Waals surface area contributed by atoms with Gasteiger partial charge in [-0.3, -0.25) is 14.4 Å². The van der Waals surface area contributed by atoms with Gasteiger partial charge in [0.1, 0.15) is 15.1 Å². The van der Waals surface area contributed by atoms with Crippen molar-refractivity contribution >= 4 is 69.9 Å². The van der Waals surface area contributed by atoms with E-state index in [4.69, 9.17) is 31.6 Å². The Kier molecular flexibility index (Phi) is 9.85. The van der Waals surface area contributed by atoms with E-state index in [-0.39, 0.29) is 24.8 Å². The number of pyridine rings is 1. The Hall–Kier alpha value is -3.37. The minimum atomic E-state index is -5.08. The molecule has 0 aromatic carbocycles. The Balaban J connectivity index is 0.000000540. The predicted molar refractivity (Wildman–Crippen MR) is 122 cm³/mol. The number of carbonyl (C=O) groups is 4. The van der Waals surface area contributed by atoms with Gasteiger partial charge in [-0.2, -0.15) is 13.2 Å². The second-order valence-electron chi connectivity index (χ2n) is 6.20. The summed E-state index contributed by atoms with van der Waals surface area (Å²) in [4.78, 5) is 47.6. The van der Waals surface area contributed by atoms with Crippen molar-refractivity contribution in [2.24, 2.45) is 0 Å². The van der Waals surface area contributed by atoms with E-state index in [1.54, 1.807) is 30.3 Å². The fourth-order valence-electron chi connectivity index (χ4n) is 2.08. The zero-order valence-corrected chi connectivity index (χ0v) is 19.6. The number of nitrogens with one attached hydrogen (secondary N) is 2. The zero-order valence-electron chi connectivity index (χ0n) is 17.1. The first-order chi connectivity index (χ1) is 16.3. The summed E-state index contributed by atoms with van der Waals surface area (Å²) in [5.74, 6) is -3.86. The topological polar surface area (TPSA) is 159 Å². The number of nitrogens with zero attached hydrogens (tertiary/aromatic N) is 1. The molecule has 186 valence electrons. The largest absolute Gasteiger partial charge is 0.490 e. The average Bonchev–Trinajstić information content (AvgIpc) is 3.33.